The van der Waals surface area contributed by atoms with E-state index in [2.05, 4.69) is 0 Å². The summed E-state index contributed by atoms with van der Waals surface area (Å²) >= 11 is 0. The fraction of sp³-hybridized carbons (Fsp3) is 0.591. The molecule has 0 saturated carbocycles. The van der Waals surface area contributed by atoms with Crippen molar-refractivity contribution >= 4 is 5.97 Å². The Hall–Kier alpha value is -1.73. The van der Waals surface area contributed by atoms with Crippen LogP contribution in [0.1, 0.15) is 51.9 Å². The van der Waals surface area contributed by atoms with Crippen LogP contribution in [0.3, 0.4) is 0 Å². The van der Waals surface area contributed by atoms with E-state index in [1.54, 1.807) is 6.08 Å². The molecule has 1 aliphatic heterocycles. The third kappa shape index (κ3) is 10.6. The molecule has 0 amide bonds. The number of ether oxygens (including phenoxy) is 1. The molecule has 0 unspecified atom stereocenters. The van der Waals surface area contributed by atoms with Crippen LogP contribution >= 0.6 is 0 Å². The van der Waals surface area contributed by atoms with Crippen LogP contribution in [0, 0.1) is 0 Å². The van der Waals surface area contributed by atoms with Crippen molar-refractivity contribution in [2.24, 2.45) is 0 Å². The maximum absolute atomic E-state index is 10.4. The Morgan fingerprint density at radius 2 is 1.86 bits per heavy atom. The molecule has 1 fully saturated rings. The van der Waals surface area contributed by atoms with Gasteiger partial charge in [0, 0.05) is 12.8 Å². The van der Waals surface area contributed by atoms with Gasteiger partial charge < -0.3 is 25.2 Å². The van der Waals surface area contributed by atoms with Crippen LogP contribution in [-0.2, 0) is 9.53 Å². The normalized spacial score (nSPS) is 25.5. The zero-order chi connectivity index (χ0) is 20.8. The maximum atomic E-state index is 10.4. The zero-order valence-electron chi connectivity index (χ0n) is 16.6. The van der Waals surface area contributed by atoms with E-state index >= 15 is 0 Å². The van der Waals surface area contributed by atoms with Crippen molar-refractivity contribution in [1.29, 1.82) is 0 Å². The Kier molecular flexibility index (Phi) is 12.4. The largest absolute Gasteiger partial charge is 0.481 e. The lowest BCUT2D eigenvalue weighted by molar-refractivity contribution is -0.136. The van der Waals surface area contributed by atoms with Gasteiger partial charge in [0.25, 0.3) is 0 Å². The first kappa shape index (κ1) is 24.3. The van der Waals surface area contributed by atoms with E-state index in [0.29, 0.717) is 32.1 Å². The van der Waals surface area contributed by atoms with Crippen LogP contribution in [0.2, 0.25) is 0 Å². The van der Waals surface area contributed by atoms with Crippen molar-refractivity contribution in [2.45, 2.75) is 82.4 Å². The van der Waals surface area contributed by atoms with Gasteiger partial charge >= 0.3 is 5.97 Å². The highest BCUT2D eigenvalue weighted by Crippen LogP contribution is 2.26. The highest BCUT2D eigenvalue weighted by atomic mass is 16.5. The van der Waals surface area contributed by atoms with Gasteiger partial charge in [0.2, 0.25) is 0 Å². The average molecular weight is 395 g/mol. The lowest BCUT2D eigenvalue weighted by Crippen LogP contribution is -2.24. The van der Waals surface area contributed by atoms with Gasteiger partial charge in [-0.2, -0.15) is 0 Å². The van der Waals surface area contributed by atoms with Crippen LogP contribution in [0.5, 0.6) is 0 Å². The minimum absolute atomic E-state index is 0.132. The van der Waals surface area contributed by atoms with Crippen LogP contribution < -0.4 is 0 Å². The van der Waals surface area contributed by atoms with E-state index in [4.69, 9.17) is 9.84 Å². The number of allylic oxidation sites excluding steroid dienone is 4. The Morgan fingerprint density at radius 1 is 1.11 bits per heavy atom. The van der Waals surface area contributed by atoms with Crippen molar-refractivity contribution in [2.75, 3.05) is 0 Å². The fourth-order valence-corrected chi connectivity index (χ4v) is 2.87. The second-order valence-electron chi connectivity index (χ2n) is 6.92. The number of carbonyl (C=O) groups is 1. The van der Waals surface area contributed by atoms with Gasteiger partial charge in [-0.05, 0) is 32.1 Å². The first-order chi connectivity index (χ1) is 13.4. The summed E-state index contributed by atoms with van der Waals surface area (Å²) in [7, 11) is 0. The molecule has 28 heavy (non-hydrogen) atoms. The molecule has 0 aliphatic carbocycles. The summed E-state index contributed by atoms with van der Waals surface area (Å²) in [6.45, 7) is 2.02. The number of aliphatic hydroxyl groups is 3. The molecule has 0 bridgehead atoms. The summed E-state index contributed by atoms with van der Waals surface area (Å²) in [5, 5.41) is 38.7. The first-order valence-corrected chi connectivity index (χ1v) is 9.98. The molecule has 1 heterocycles. The molecular weight excluding hydrogens is 360 g/mol. The predicted molar refractivity (Wildman–Crippen MR) is 109 cm³/mol. The molecule has 0 aromatic heterocycles. The van der Waals surface area contributed by atoms with E-state index in [1.165, 1.54) is 6.08 Å². The second-order valence-corrected chi connectivity index (χ2v) is 6.92. The molecule has 0 aromatic carbocycles. The van der Waals surface area contributed by atoms with Crippen molar-refractivity contribution < 1.29 is 30.0 Å². The van der Waals surface area contributed by atoms with Crippen LogP contribution in [0.25, 0.3) is 0 Å². The van der Waals surface area contributed by atoms with E-state index in [1.807, 2.05) is 43.4 Å². The molecule has 6 nitrogen and oxygen atoms in total. The number of rotatable bonds is 13. The van der Waals surface area contributed by atoms with Gasteiger partial charge in [0.05, 0.1) is 30.5 Å². The summed E-state index contributed by atoms with van der Waals surface area (Å²) < 4.78 is 5.76. The number of carboxylic acids is 1. The second kappa shape index (κ2) is 14.3. The molecular formula is C22H34O6. The fourth-order valence-electron chi connectivity index (χ4n) is 2.87. The molecule has 0 aromatic rings. The lowest BCUT2D eigenvalue weighted by Gasteiger charge is -2.16. The Balaban J connectivity index is 2.32. The van der Waals surface area contributed by atoms with Gasteiger partial charge in [0.1, 0.15) is 0 Å². The molecule has 1 aliphatic rings. The minimum atomic E-state index is -0.870. The van der Waals surface area contributed by atoms with E-state index in [0.717, 1.165) is 6.42 Å². The molecule has 0 spiro atoms. The van der Waals surface area contributed by atoms with Crippen molar-refractivity contribution in [1.82, 2.24) is 0 Å². The standard InChI is InChI=1S/C22H34O6/c1-2-3-8-11-17(23)14-15-18(24)21-16-19(25)20(28-21)12-9-6-4-5-7-10-13-22(26)27/h3,5-9,14-15,17-21,23-25H,2,4,10-13,16H2,1H3,(H,26,27)/b7-5-,8-3-,9-6-,15-14+/t17-,18+,19+,20-,21-/m1/s1. The van der Waals surface area contributed by atoms with E-state index in [9.17, 15) is 20.1 Å². The van der Waals surface area contributed by atoms with Gasteiger partial charge in [-0.25, -0.2) is 0 Å². The van der Waals surface area contributed by atoms with E-state index in [-0.39, 0.29) is 12.5 Å². The number of hydrogen-bond donors (Lipinski definition) is 4. The smallest absolute Gasteiger partial charge is 0.303 e. The molecule has 6 heteroatoms. The van der Waals surface area contributed by atoms with Crippen LogP contribution in [0.15, 0.2) is 48.6 Å². The number of aliphatic carboxylic acids is 1. The highest BCUT2D eigenvalue weighted by Gasteiger charge is 2.36. The van der Waals surface area contributed by atoms with Crippen LogP contribution in [0.4, 0.5) is 0 Å². The summed E-state index contributed by atoms with van der Waals surface area (Å²) in [6.07, 6.45) is 15.2. The summed E-state index contributed by atoms with van der Waals surface area (Å²) in [4.78, 5) is 10.4. The zero-order valence-corrected chi connectivity index (χ0v) is 16.6. The van der Waals surface area contributed by atoms with Crippen molar-refractivity contribution in [3.05, 3.63) is 48.6 Å². The maximum Gasteiger partial charge on any atom is 0.303 e. The van der Waals surface area contributed by atoms with E-state index < -0.39 is 30.4 Å². The highest BCUT2D eigenvalue weighted by molar-refractivity contribution is 5.66. The quantitative estimate of drug-likeness (QED) is 0.358. The first-order valence-electron chi connectivity index (χ1n) is 9.98. The Morgan fingerprint density at radius 3 is 2.57 bits per heavy atom. The summed E-state index contributed by atoms with van der Waals surface area (Å²) in [5.74, 6) is -0.804. The summed E-state index contributed by atoms with van der Waals surface area (Å²) in [5.41, 5.74) is 0. The lowest BCUT2D eigenvalue weighted by atomic mass is 10.0. The number of hydrogen-bond acceptors (Lipinski definition) is 5. The van der Waals surface area contributed by atoms with Crippen LogP contribution in [-0.4, -0.2) is 56.9 Å². The molecule has 0 radical (unpaired) electrons. The molecule has 1 rings (SSSR count). The molecule has 5 atom stereocenters. The van der Waals surface area contributed by atoms with Gasteiger partial charge in [0.15, 0.2) is 0 Å². The number of aliphatic hydroxyl groups excluding tert-OH is 3. The van der Waals surface area contributed by atoms with Crippen molar-refractivity contribution in [3.8, 4) is 0 Å². The Bertz CT molecular complexity index is 551. The van der Waals surface area contributed by atoms with Crippen molar-refractivity contribution in [3.63, 3.8) is 0 Å². The topological polar surface area (TPSA) is 107 Å². The predicted octanol–water partition coefficient (Wildman–Crippen LogP) is 2.90. The summed E-state index contributed by atoms with van der Waals surface area (Å²) in [6, 6.07) is 0. The molecule has 1 saturated heterocycles. The molecule has 158 valence electrons. The monoisotopic (exact) mass is 394 g/mol. The third-order valence-electron chi connectivity index (χ3n) is 4.44. The Labute approximate surface area is 167 Å². The van der Waals surface area contributed by atoms with Gasteiger partial charge in [-0.1, -0.05) is 55.5 Å². The molecule has 4 N–H and O–H groups in total. The van der Waals surface area contributed by atoms with Gasteiger partial charge in [-0.15, -0.1) is 0 Å². The average Bonchev–Trinajstić information content (AvgIpc) is 3.02. The number of carboxylic acid groups (broad SMARTS) is 1. The third-order valence-corrected chi connectivity index (χ3v) is 4.44. The SMILES string of the molecule is CC/C=C\C[C@@H](O)/C=C/[C@H](O)[C@H]1C[C@H](O)[C@@H](C/C=C\C/C=C\CCC(=O)O)O1. The minimum Gasteiger partial charge on any atom is -0.481 e. The van der Waals surface area contributed by atoms with Gasteiger partial charge in [-0.3, -0.25) is 4.79 Å².